The van der Waals surface area contributed by atoms with E-state index in [9.17, 15) is 12.8 Å². The molecule has 0 bridgehead atoms. The molecule has 0 aliphatic carbocycles. The summed E-state index contributed by atoms with van der Waals surface area (Å²) in [5.74, 6) is -0.812. The summed E-state index contributed by atoms with van der Waals surface area (Å²) in [6.07, 6.45) is 0. The highest BCUT2D eigenvalue weighted by atomic mass is 35.5. The zero-order chi connectivity index (χ0) is 15.8. The summed E-state index contributed by atoms with van der Waals surface area (Å²) in [7, 11) is -3.86. The third-order valence-corrected chi connectivity index (χ3v) is 6.22. The Hall–Kier alpha value is -0.930. The van der Waals surface area contributed by atoms with Crippen LogP contribution in [0.1, 0.15) is 4.88 Å². The van der Waals surface area contributed by atoms with Gasteiger partial charge in [0.2, 0.25) is 0 Å². The van der Waals surface area contributed by atoms with E-state index in [1.807, 2.05) is 0 Å². The number of halogens is 3. The summed E-state index contributed by atoms with van der Waals surface area (Å²) in [5, 5.41) is -0.564. The van der Waals surface area contributed by atoms with E-state index in [-0.39, 0.29) is 24.9 Å². The Morgan fingerprint density at radius 2 is 1.86 bits per heavy atom. The van der Waals surface area contributed by atoms with E-state index in [4.69, 9.17) is 41.2 Å². The van der Waals surface area contributed by atoms with Crippen LogP contribution in [0.15, 0.2) is 28.5 Å². The van der Waals surface area contributed by atoms with E-state index in [0.717, 1.165) is 23.5 Å². The lowest BCUT2D eigenvalue weighted by Crippen LogP contribution is -2.11. The second kappa shape index (κ2) is 6.05. The Balaban J connectivity index is 2.35. The molecule has 0 aliphatic rings. The first kappa shape index (κ1) is 16.4. The molecule has 1 aromatic heterocycles. The van der Waals surface area contributed by atoms with Crippen LogP contribution in [0.3, 0.4) is 0 Å². The molecule has 0 spiro atoms. The van der Waals surface area contributed by atoms with E-state index in [2.05, 4.69) is 4.72 Å². The summed E-state index contributed by atoms with van der Waals surface area (Å²) in [5.41, 5.74) is 5.48. The van der Waals surface area contributed by atoms with Gasteiger partial charge < -0.3 is 5.73 Å². The molecule has 10 heteroatoms. The zero-order valence-electron chi connectivity index (χ0n) is 10.1. The second-order valence-corrected chi connectivity index (χ2v) is 8.09. The minimum atomic E-state index is -3.86. The van der Waals surface area contributed by atoms with E-state index < -0.39 is 15.8 Å². The van der Waals surface area contributed by atoms with Crippen molar-refractivity contribution in [3.8, 4) is 0 Å². The molecule has 0 saturated heterocycles. The average molecular weight is 385 g/mol. The Morgan fingerprint density at radius 1 is 1.29 bits per heavy atom. The number of nitrogens with one attached hydrogen (secondary N) is 1. The summed E-state index contributed by atoms with van der Waals surface area (Å²) in [4.78, 5) is 0.579. The van der Waals surface area contributed by atoms with Crippen molar-refractivity contribution in [1.29, 1.82) is 0 Å². The molecule has 0 aliphatic heterocycles. The maximum Gasteiger partial charge on any atom is 0.271 e. The Bertz CT molecular complexity index is 798. The minimum absolute atomic E-state index is 0.0156. The highest BCUT2D eigenvalue weighted by molar-refractivity contribution is 7.94. The van der Waals surface area contributed by atoms with E-state index in [1.165, 1.54) is 12.1 Å². The second-order valence-electron chi connectivity index (χ2n) is 3.84. The molecule has 0 fully saturated rings. The van der Waals surface area contributed by atoms with Crippen molar-refractivity contribution in [1.82, 2.24) is 0 Å². The van der Waals surface area contributed by atoms with Crippen LogP contribution < -0.4 is 10.5 Å². The van der Waals surface area contributed by atoms with Gasteiger partial charge in [-0.3, -0.25) is 4.72 Å². The highest BCUT2D eigenvalue weighted by Crippen LogP contribution is 2.30. The van der Waals surface area contributed by atoms with Gasteiger partial charge in [0.25, 0.3) is 10.0 Å². The molecule has 3 N–H and O–H groups in total. The SMILES string of the molecule is NC(=S)c1ccc(S(=O)(=O)Nc2cc(Cl)c(F)c(Cl)c2)s1. The fourth-order valence-corrected chi connectivity index (χ4v) is 4.30. The van der Waals surface area contributed by atoms with Gasteiger partial charge in [0.15, 0.2) is 5.82 Å². The van der Waals surface area contributed by atoms with Crippen molar-refractivity contribution in [3.05, 3.63) is 45.0 Å². The lowest BCUT2D eigenvalue weighted by molar-refractivity contribution is 0.603. The molecule has 1 aromatic carbocycles. The van der Waals surface area contributed by atoms with Gasteiger partial charge >= 0.3 is 0 Å². The molecule has 0 unspecified atom stereocenters. The lowest BCUT2D eigenvalue weighted by atomic mass is 10.3. The smallest absolute Gasteiger partial charge is 0.271 e. The van der Waals surface area contributed by atoms with Crippen LogP contribution in [0.5, 0.6) is 0 Å². The van der Waals surface area contributed by atoms with Crippen molar-refractivity contribution >= 4 is 67.5 Å². The topological polar surface area (TPSA) is 72.2 Å². The molecule has 0 atom stereocenters. The number of sulfonamides is 1. The predicted octanol–water partition coefficient (Wildman–Crippen LogP) is 3.63. The van der Waals surface area contributed by atoms with Gasteiger partial charge in [-0.2, -0.15) is 0 Å². The van der Waals surface area contributed by atoms with Crippen molar-refractivity contribution in [2.45, 2.75) is 4.21 Å². The largest absolute Gasteiger partial charge is 0.389 e. The standard InChI is InChI=1S/C11H7Cl2FN2O2S3/c12-6-3-5(4-7(13)10(6)14)16-21(17,18)9-2-1-8(20-9)11(15)19/h1-4,16H,(H2,15,19). The highest BCUT2D eigenvalue weighted by Gasteiger charge is 2.19. The predicted molar refractivity (Wildman–Crippen MR) is 87.4 cm³/mol. The van der Waals surface area contributed by atoms with Crippen molar-refractivity contribution in [3.63, 3.8) is 0 Å². The molecule has 112 valence electrons. The van der Waals surface area contributed by atoms with Gasteiger partial charge in [-0.15, -0.1) is 11.3 Å². The monoisotopic (exact) mass is 384 g/mol. The molecule has 2 aromatic rings. The average Bonchev–Trinajstić information content (AvgIpc) is 2.85. The normalized spacial score (nSPS) is 11.4. The van der Waals surface area contributed by atoms with Gasteiger partial charge in [-0.25, -0.2) is 12.8 Å². The van der Waals surface area contributed by atoms with Crippen molar-refractivity contribution in [2.24, 2.45) is 5.73 Å². The third kappa shape index (κ3) is 3.64. The van der Waals surface area contributed by atoms with Gasteiger partial charge in [0.1, 0.15) is 9.20 Å². The maximum atomic E-state index is 13.3. The van der Waals surface area contributed by atoms with Gasteiger partial charge in [-0.05, 0) is 24.3 Å². The van der Waals surface area contributed by atoms with Gasteiger partial charge in [-0.1, -0.05) is 35.4 Å². The van der Waals surface area contributed by atoms with Crippen LogP contribution >= 0.6 is 46.8 Å². The Kier molecular flexibility index (Phi) is 4.74. The molecule has 0 amide bonds. The molecule has 0 radical (unpaired) electrons. The molecular weight excluding hydrogens is 378 g/mol. The number of hydrogen-bond acceptors (Lipinski definition) is 4. The fourth-order valence-electron chi connectivity index (χ4n) is 1.42. The fraction of sp³-hybridized carbons (Fsp3) is 0. The first-order chi connectivity index (χ1) is 9.70. The summed E-state index contributed by atoms with van der Waals surface area (Å²) < 4.78 is 39.9. The molecule has 0 saturated carbocycles. The molecule has 4 nitrogen and oxygen atoms in total. The Labute approximate surface area is 139 Å². The number of nitrogens with two attached hydrogens (primary N) is 1. The third-order valence-electron chi connectivity index (χ3n) is 2.33. The van der Waals surface area contributed by atoms with Crippen LogP contribution in [0, 0.1) is 5.82 Å². The quantitative estimate of drug-likeness (QED) is 0.623. The summed E-state index contributed by atoms with van der Waals surface area (Å²) >= 11 is 16.9. The van der Waals surface area contributed by atoms with Crippen LogP contribution in [0.2, 0.25) is 10.0 Å². The van der Waals surface area contributed by atoms with Gasteiger partial charge in [0, 0.05) is 0 Å². The number of anilines is 1. The molecule has 1 heterocycles. The number of hydrogen-bond donors (Lipinski definition) is 2. The van der Waals surface area contributed by atoms with Crippen molar-refractivity contribution < 1.29 is 12.8 Å². The van der Waals surface area contributed by atoms with E-state index in [0.29, 0.717) is 4.88 Å². The zero-order valence-corrected chi connectivity index (χ0v) is 14.0. The van der Waals surface area contributed by atoms with Crippen LogP contribution in [-0.4, -0.2) is 13.4 Å². The van der Waals surface area contributed by atoms with Crippen molar-refractivity contribution in [2.75, 3.05) is 4.72 Å². The maximum absolute atomic E-state index is 13.3. The summed E-state index contributed by atoms with van der Waals surface area (Å²) in [6, 6.07) is 5.13. The van der Waals surface area contributed by atoms with Crippen LogP contribution in [0.25, 0.3) is 0 Å². The van der Waals surface area contributed by atoms with E-state index >= 15 is 0 Å². The van der Waals surface area contributed by atoms with Crippen LogP contribution in [-0.2, 0) is 10.0 Å². The first-order valence-electron chi connectivity index (χ1n) is 5.27. The molecule has 21 heavy (non-hydrogen) atoms. The van der Waals surface area contributed by atoms with Crippen LogP contribution in [0.4, 0.5) is 10.1 Å². The Morgan fingerprint density at radius 3 is 2.33 bits per heavy atom. The number of rotatable bonds is 4. The van der Waals surface area contributed by atoms with Gasteiger partial charge in [0.05, 0.1) is 20.6 Å². The number of thiocarbonyl (C=S) groups is 1. The minimum Gasteiger partial charge on any atom is -0.389 e. The summed E-state index contributed by atoms with van der Waals surface area (Å²) in [6.45, 7) is 0. The number of benzene rings is 1. The number of thiophene rings is 1. The molecule has 2 rings (SSSR count). The van der Waals surface area contributed by atoms with E-state index in [1.54, 1.807) is 0 Å². The first-order valence-corrected chi connectivity index (χ1v) is 8.74. The lowest BCUT2D eigenvalue weighted by Gasteiger charge is -2.08. The molecular formula is C11H7Cl2FN2O2S3.